The van der Waals surface area contributed by atoms with Crippen LogP contribution in [0.3, 0.4) is 0 Å². The Hall–Kier alpha value is -2.27. The number of rotatable bonds is 5. The van der Waals surface area contributed by atoms with Crippen LogP contribution in [-0.2, 0) is 13.1 Å². The van der Waals surface area contributed by atoms with Gasteiger partial charge in [-0.15, -0.1) is 0 Å². The third-order valence-electron chi connectivity index (χ3n) is 3.21. The smallest absolute Gasteiger partial charge is 0.106 e. The predicted molar refractivity (Wildman–Crippen MR) is 83.8 cm³/mol. The van der Waals surface area contributed by atoms with E-state index in [0.29, 0.717) is 11.6 Å². The van der Waals surface area contributed by atoms with Gasteiger partial charge >= 0.3 is 0 Å². The fourth-order valence-electron chi connectivity index (χ4n) is 2.16. The van der Waals surface area contributed by atoms with E-state index < -0.39 is 0 Å². The lowest BCUT2D eigenvalue weighted by Gasteiger charge is -2.13. The van der Waals surface area contributed by atoms with Crippen molar-refractivity contribution in [2.24, 2.45) is 0 Å². The van der Waals surface area contributed by atoms with E-state index in [1.807, 2.05) is 47.5 Å². The van der Waals surface area contributed by atoms with E-state index in [2.05, 4.69) is 22.4 Å². The molecule has 0 saturated carbocycles. The molecule has 2 aromatic heterocycles. The Kier molecular flexibility index (Phi) is 3.92. The van der Waals surface area contributed by atoms with Crippen LogP contribution in [0.1, 0.15) is 12.5 Å². The summed E-state index contributed by atoms with van der Waals surface area (Å²) in [6, 6.07) is 7.65. The van der Waals surface area contributed by atoms with E-state index in [1.54, 1.807) is 10.9 Å². The van der Waals surface area contributed by atoms with Crippen LogP contribution in [0.15, 0.2) is 49.1 Å². The van der Waals surface area contributed by atoms with Crippen LogP contribution in [-0.4, -0.2) is 19.6 Å². The number of nitrogens with zero attached hydrogens (tertiary/aromatic N) is 4. The van der Waals surface area contributed by atoms with E-state index in [0.717, 1.165) is 23.5 Å². The molecule has 0 fully saturated rings. The van der Waals surface area contributed by atoms with Crippen molar-refractivity contribution in [3.63, 3.8) is 0 Å². The number of para-hydroxylation sites is 1. The highest BCUT2D eigenvalue weighted by atomic mass is 35.5. The molecule has 6 heteroatoms. The first-order valence-electron chi connectivity index (χ1n) is 6.81. The molecule has 0 spiro atoms. The van der Waals surface area contributed by atoms with Gasteiger partial charge in [0.2, 0.25) is 0 Å². The Morgan fingerprint density at radius 1 is 1.24 bits per heavy atom. The summed E-state index contributed by atoms with van der Waals surface area (Å²) in [7, 11) is 0. The lowest BCUT2D eigenvalue weighted by atomic mass is 10.2. The zero-order chi connectivity index (χ0) is 14.7. The minimum absolute atomic E-state index is 0.660. The number of hydrogen-bond donors (Lipinski definition) is 1. The summed E-state index contributed by atoms with van der Waals surface area (Å²) in [6.45, 7) is 3.63. The summed E-state index contributed by atoms with van der Waals surface area (Å²) in [6.07, 6.45) is 7.51. The normalized spacial score (nSPS) is 10.8. The van der Waals surface area contributed by atoms with Crippen molar-refractivity contribution in [2.75, 3.05) is 5.32 Å². The summed E-state index contributed by atoms with van der Waals surface area (Å²) in [5, 5.41) is 12.6. The molecule has 0 bridgehead atoms. The Morgan fingerprint density at radius 3 is 2.86 bits per heavy atom. The molecular formula is C15H16ClN5. The standard InChI is InChI=1S/C15H16ClN5/c1-2-20-11-12(10-19-20)9-17-14-6-3-5-13(16)15(14)21-8-4-7-18-21/h3-8,10-11,17H,2,9H2,1H3. The van der Waals surface area contributed by atoms with Crippen LogP contribution in [0.25, 0.3) is 5.69 Å². The fourth-order valence-corrected chi connectivity index (χ4v) is 2.42. The zero-order valence-corrected chi connectivity index (χ0v) is 12.5. The molecule has 0 radical (unpaired) electrons. The molecule has 3 rings (SSSR count). The SMILES string of the molecule is CCn1cc(CNc2cccc(Cl)c2-n2cccn2)cn1. The maximum Gasteiger partial charge on any atom is 0.106 e. The quantitative estimate of drug-likeness (QED) is 0.786. The molecule has 1 N–H and O–H groups in total. The Balaban J connectivity index is 1.84. The van der Waals surface area contributed by atoms with Crippen molar-refractivity contribution >= 4 is 17.3 Å². The van der Waals surface area contributed by atoms with Crippen molar-refractivity contribution in [2.45, 2.75) is 20.0 Å². The molecule has 2 heterocycles. The van der Waals surface area contributed by atoms with Gasteiger partial charge in [-0.3, -0.25) is 4.68 Å². The second-order valence-corrected chi connectivity index (χ2v) is 5.05. The molecule has 0 saturated heterocycles. The Bertz CT molecular complexity index is 718. The second-order valence-electron chi connectivity index (χ2n) is 4.64. The van der Waals surface area contributed by atoms with Crippen LogP contribution in [0.4, 0.5) is 5.69 Å². The molecule has 0 aliphatic rings. The van der Waals surface area contributed by atoms with Crippen LogP contribution in [0.2, 0.25) is 5.02 Å². The van der Waals surface area contributed by atoms with Crippen molar-refractivity contribution in [1.29, 1.82) is 0 Å². The largest absolute Gasteiger partial charge is 0.379 e. The number of hydrogen-bond acceptors (Lipinski definition) is 3. The van der Waals surface area contributed by atoms with E-state index in [9.17, 15) is 0 Å². The van der Waals surface area contributed by atoms with E-state index >= 15 is 0 Å². The summed E-state index contributed by atoms with van der Waals surface area (Å²) in [5.74, 6) is 0. The minimum Gasteiger partial charge on any atom is -0.379 e. The van der Waals surface area contributed by atoms with Crippen LogP contribution in [0, 0.1) is 0 Å². The maximum atomic E-state index is 6.31. The minimum atomic E-state index is 0.660. The van der Waals surface area contributed by atoms with Gasteiger partial charge in [-0.2, -0.15) is 10.2 Å². The summed E-state index contributed by atoms with van der Waals surface area (Å²) < 4.78 is 3.67. The molecule has 1 aromatic carbocycles. The van der Waals surface area contributed by atoms with Gasteiger partial charge in [0, 0.05) is 37.2 Å². The van der Waals surface area contributed by atoms with Crippen molar-refractivity contribution in [3.8, 4) is 5.69 Å². The van der Waals surface area contributed by atoms with Gasteiger partial charge in [-0.1, -0.05) is 17.7 Å². The summed E-state index contributed by atoms with van der Waals surface area (Å²) in [5.41, 5.74) is 2.92. The van der Waals surface area contributed by atoms with E-state index in [1.165, 1.54) is 0 Å². The van der Waals surface area contributed by atoms with Gasteiger partial charge in [0.25, 0.3) is 0 Å². The van der Waals surface area contributed by atoms with Gasteiger partial charge in [0.15, 0.2) is 0 Å². The third-order valence-corrected chi connectivity index (χ3v) is 3.52. The number of aromatic nitrogens is 4. The average Bonchev–Trinajstić information content (AvgIpc) is 3.16. The highest BCUT2D eigenvalue weighted by Gasteiger charge is 2.09. The first kappa shape index (κ1) is 13.7. The van der Waals surface area contributed by atoms with Gasteiger partial charge in [0.1, 0.15) is 5.69 Å². The first-order chi connectivity index (χ1) is 10.3. The molecule has 108 valence electrons. The summed E-state index contributed by atoms with van der Waals surface area (Å²) in [4.78, 5) is 0. The lowest BCUT2D eigenvalue weighted by Crippen LogP contribution is -2.05. The van der Waals surface area contributed by atoms with E-state index in [4.69, 9.17) is 11.6 Å². The summed E-state index contributed by atoms with van der Waals surface area (Å²) >= 11 is 6.31. The highest BCUT2D eigenvalue weighted by molar-refractivity contribution is 6.33. The zero-order valence-electron chi connectivity index (χ0n) is 11.7. The molecule has 0 aliphatic carbocycles. The molecule has 0 aliphatic heterocycles. The van der Waals surface area contributed by atoms with Crippen molar-refractivity contribution < 1.29 is 0 Å². The van der Waals surface area contributed by atoms with Crippen molar-refractivity contribution in [3.05, 3.63) is 59.6 Å². The third kappa shape index (κ3) is 2.92. The number of aryl methyl sites for hydroxylation is 1. The second kappa shape index (κ2) is 6.01. The number of anilines is 1. The lowest BCUT2D eigenvalue weighted by molar-refractivity contribution is 0.659. The Labute approximate surface area is 128 Å². The average molecular weight is 302 g/mol. The van der Waals surface area contributed by atoms with Gasteiger partial charge in [-0.25, -0.2) is 4.68 Å². The molecule has 0 atom stereocenters. The molecule has 0 unspecified atom stereocenters. The molecular weight excluding hydrogens is 286 g/mol. The van der Waals surface area contributed by atoms with Gasteiger partial charge in [-0.05, 0) is 25.1 Å². The van der Waals surface area contributed by atoms with E-state index in [-0.39, 0.29) is 0 Å². The molecule has 21 heavy (non-hydrogen) atoms. The first-order valence-corrected chi connectivity index (χ1v) is 7.19. The molecule has 0 amide bonds. The number of halogens is 1. The number of benzene rings is 1. The predicted octanol–water partition coefficient (Wildman–Crippen LogP) is 3.35. The van der Waals surface area contributed by atoms with Crippen LogP contribution >= 0.6 is 11.6 Å². The highest BCUT2D eigenvalue weighted by Crippen LogP contribution is 2.28. The van der Waals surface area contributed by atoms with Gasteiger partial charge < -0.3 is 5.32 Å². The van der Waals surface area contributed by atoms with Crippen molar-refractivity contribution in [1.82, 2.24) is 19.6 Å². The molecule has 5 nitrogen and oxygen atoms in total. The topological polar surface area (TPSA) is 47.7 Å². The van der Waals surface area contributed by atoms with Gasteiger partial charge in [0.05, 0.1) is 16.9 Å². The maximum absolute atomic E-state index is 6.31. The monoisotopic (exact) mass is 301 g/mol. The molecule has 3 aromatic rings. The Morgan fingerprint density at radius 2 is 2.14 bits per heavy atom. The van der Waals surface area contributed by atoms with Crippen LogP contribution < -0.4 is 5.32 Å². The fraction of sp³-hybridized carbons (Fsp3) is 0.200. The van der Waals surface area contributed by atoms with Crippen LogP contribution in [0.5, 0.6) is 0 Å². The number of nitrogens with one attached hydrogen (secondary N) is 1.